The predicted molar refractivity (Wildman–Crippen MR) is 105 cm³/mol. The Balaban J connectivity index is 0.000000360. The van der Waals surface area contributed by atoms with Gasteiger partial charge in [0.2, 0.25) is 0 Å². The first-order chi connectivity index (χ1) is 15.1. The molecular formula is C21H25F3N2O6. The summed E-state index contributed by atoms with van der Waals surface area (Å²) in [6, 6.07) is 5.84. The van der Waals surface area contributed by atoms with Gasteiger partial charge in [0.15, 0.2) is 0 Å². The summed E-state index contributed by atoms with van der Waals surface area (Å²) >= 11 is 0. The minimum Gasteiger partial charge on any atom is -0.475 e. The van der Waals surface area contributed by atoms with Crippen LogP contribution in [0, 0.1) is 12.8 Å². The fourth-order valence-electron chi connectivity index (χ4n) is 4.29. The molecule has 2 aliphatic heterocycles. The molecule has 1 N–H and O–H groups in total. The maximum Gasteiger partial charge on any atom is 0.490 e. The fraction of sp³-hybridized carbons (Fsp3) is 0.524. The Morgan fingerprint density at radius 2 is 1.94 bits per heavy atom. The molecule has 0 aromatic carbocycles. The number of ether oxygens (including phenoxy) is 1. The number of alkyl halides is 3. The number of hydrogen-bond donors (Lipinski definition) is 1. The minimum absolute atomic E-state index is 0.0654. The van der Waals surface area contributed by atoms with Crippen LogP contribution in [0.2, 0.25) is 0 Å². The maximum absolute atomic E-state index is 13.0. The average molecular weight is 458 g/mol. The molecule has 2 saturated heterocycles. The van der Waals surface area contributed by atoms with Crippen LogP contribution in [0.3, 0.4) is 0 Å². The van der Waals surface area contributed by atoms with Gasteiger partial charge in [0.05, 0.1) is 36.8 Å². The zero-order chi connectivity index (χ0) is 23.5. The molecule has 0 unspecified atom stereocenters. The van der Waals surface area contributed by atoms with Gasteiger partial charge in [0.1, 0.15) is 11.5 Å². The third-order valence-electron chi connectivity index (χ3n) is 5.80. The smallest absolute Gasteiger partial charge is 0.475 e. The second-order valence-corrected chi connectivity index (χ2v) is 7.76. The Labute approximate surface area is 182 Å². The van der Waals surface area contributed by atoms with Gasteiger partial charge < -0.3 is 23.6 Å². The average Bonchev–Trinajstić information content (AvgIpc) is 3.47. The number of hydrogen-bond acceptors (Lipinski definition) is 6. The highest BCUT2D eigenvalue weighted by Gasteiger charge is 2.46. The monoisotopic (exact) mass is 458 g/mol. The molecule has 2 aromatic heterocycles. The molecule has 2 aliphatic rings. The summed E-state index contributed by atoms with van der Waals surface area (Å²) in [5.74, 6) is -0.731. The van der Waals surface area contributed by atoms with Gasteiger partial charge in [-0.05, 0) is 31.5 Å². The number of carbonyl (C=O) groups is 2. The van der Waals surface area contributed by atoms with Crippen molar-refractivity contribution in [1.29, 1.82) is 0 Å². The van der Waals surface area contributed by atoms with Gasteiger partial charge in [-0.25, -0.2) is 4.79 Å². The van der Waals surface area contributed by atoms with E-state index in [1.54, 1.807) is 25.7 Å². The van der Waals surface area contributed by atoms with Crippen LogP contribution in [0.15, 0.2) is 39.6 Å². The van der Waals surface area contributed by atoms with Crippen LogP contribution >= 0.6 is 0 Å². The van der Waals surface area contributed by atoms with E-state index in [4.69, 9.17) is 23.5 Å². The van der Waals surface area contributed by atoms with Crippen molar-refractivity contribution in [3.63, 3.8) is 0 Å². The van der Waals surface area contributed by atoms with Crippen molar-refractivity contribution >= 4 is 11.9 Å². The number of rotatable bonds is 4. The van der Waals surface area contributed by atoms with E-state index in [2.05, 4.69) is 4.90 Å². The molecule has 176 valence electrons. The van der Waals surface area contributed by atoms with Crippen molar-refractivity contribution in [1.82, 2.24) is 9.80 Å². The maximum atomic E-state index is 13.0. The summed E-state index contributed by atoms with van der Waals surface area (Å²) in [6.07, 6.45) is -0.732. The molecule has 0 aliphatic carbocycles. The van der Waals surface area contributed by atoms with E-state index in [-0.39, 0.29) is 18.1 Å². The summed E-state index contributed by atoms with van der Waals surface area (Å²) in [7, 11) is 1.77. The van der Waals surface area contributed by atoms with Crippen LogP contribution in [0.5, 0.6) is 0 Å². The van der Waals surface area contributed by atoms with Crippen LogP contribution in [0.1, 0.15) is 28.3 Å². The number of amides is 1. The summed E-state index contributed by atoms with van der Waals surface area (Å²) in [5, 5.41) is 7.12. The van der Waals surface area contributed by atoms with Gasteiger partial charge in [-0.1, -0.05) is 0 Å². The van der Waals surface area contributed by atoms with E-state index < -0.39 is 12.1 Å². The normalized spacial score (nSPS) is 23.4. The Bertz CT molecular complexity index is 911. The number of piperidine rings is 1. The molecule has 32 heavy (non-hydrogen) atoms. The molecule has 0 spiro atoms. The van der Waals surface area contributed by atoms with Gasteiger partial charge in [0.25, 0.3) is 5.91 Å². The number of carbonyl (C=O) groups excluding carboxylic acids is 1. The van der Waals surface area contributed by atoms with Crippen LogP contribution < -0.4 is 0 Å². The van der Waals surface area contributed by atoms with Gasteiger partial charge >= 0.3 is 12.1 Å². The van der Waals surface area contributed by atoms with Crippen molar-refractivity contribution in [2.75, 3.05) is 26.7 Å². The predicted octanol–water partition coefficient (Wildman–Crippen LogP) is 3.18. The highest BCUT2D eigenvalue weighted by Crippen LogP contribution is 2.34. The molecule has 4 heterocycles. The molecule has 2 fully saturated rings. The van der Waals surface area contributed by atoms with E-state index in [1.807, 2.05) is 24.0 Å². The van der Waals surface area contributed by atoms with Crippen LogP contribution in [0.25, 0.3) is 0 Å². The fourth-order valence-corrected chi connectivity index (χ4v) is 4.29. The lowest BCUT2D eigenvalue weighted by molar-refractivity contribution is -0.192. The van der Waals surface area contributed by atoms with E-state index in [9.17, 15) is 18.0 Å². The molecule has 1 amide bonds. The van der Waals surface area contributed by atoms with Gasteiger partial charge in [-0.2, -0.15) is 13.2 Å². The Morgan fingerprint density at radius 1 is 1.22 bits per heavy atom. The highest BCUT2D eigenvalue weighted by atomic mass is 19.4. The van der Waals surface area contributed by atoms with Crippen molar-refractivity contribution in [2.45, 2.75) is 38.2 Å². The summed E-state index contributed by atoms with van der Waals surface area (Å²) in [6.45, 7) is 5.08. The lowest BCUT2D eigenvalue weighted by Gasteiger charge is -2.41. The summed E-state index contributed by atoms with van der Waals surface area (Å²) in [5.41, 5.74) is 0.666. The molecule has 3 atom stereocenters. The van der Waals surface area contributed by atoms with Crippen LogP contribution in [0.4, 0.5) is 13.2 Å². The zero-order valence-corrected chi connectivity index (χ0v) is 17.7. The molecular weight excluding hydrogens is 433 g/mol. The van der Waals surface area contributed by atoms with Crippen LogP contribution in [-0.2, 0) is 16.1 Å². The molecule has 8 nitrogen and oxygen atoms in total. The summed E-state index contributed by atoms with van der Waals surface area (Å²) < 4.78 is 48.3. The zero-order valence-electron chi connectivity index (χ0n) is 17.7. The lowest BCUT2D eigenvalue weighted by atomic mass is 9.88. The molecule has 0 radical (unpaired) electrons. The molecule has 4 rings (SSSR count). The Morgan fingerprint density at radius 3 is 2.47 bits per heavy atom. The van der Waals surface area contributed by atoms with Crippen molar-refractivity contribution in [3.05, 3.63) is 47.8 Å². The molecule has 0 bridgehead atoms. The number of halogens is 3. The first-order valence-electron chi connectivity index (χ1n) is 10.0. The highest BCUT2D eigenvalue weighted by molar-refractivity contribution is 5.95. The summed E-state index contributed by atoms with van der Waals surface area (Å²) in [4.78, 5) is 26.3. The number of carboxylic acid groups (broad SMARTS) is 1. The van der Waals surface area contributed by atoms with Gasteiger partial charge in [-0.15, -0.1) is 0 Å². The SMILES string of the molecule is CO[C@H]1CCN(C(=O)c2ccoc2C)[C@@H]2CN(Cc3ccco3)C[C@H]12.O=C(O)C(F)(F)F. The minimum atomic E-state index is -5.08. The second-order valence-electron chi connectivity index (χ2n) is 7.76. The largest absolute Gasteiger partial charge is 0.490 e. The quantitative estimate of drug-likeness (QED) is 0.752. The Kier molecular flexibility index (Phi) is 7.29. The van der Waals surface area contributed by atoms with E-state index in [1.165, 1.54) is 0 Å². The number of nitrogens with zero attached hydrogens (tertiary/aromatic N) is 2. The number of fused-ring (bicyclic) bond motifs is 1. The van der Waals surface area contributed by atoms with Crippen LogP contribution in [-0.4, -0.2) is 71.8 Å². The number of likely N-dealkylation sites (tertiary alicyclic amines) is 2. The molecule has 0 saturated carbocycles. The number of furan rings is 2. The first kappa shape index (κ1) is 23.9. The third-order valence-corrected chi connectivity index (χ3v) is 5.80. The first-order valence-corrected chi connectivity index (χ1v) is 10.0. The van der Waals surface area contributed by atoms with E-state index in [0.717, 1.165) is 38.4 Å². The van der Waals surface area contributed by atoms with Crippen molar-refractivity contribution < 1.29 is 41.4 Å². The van der Waals surface area contributed by atoms with Crippen molar-refractivity contribution in [2.24, 2.45) is 5.92 Å². The number of aliphatic carboxylic acids is 1. The lowest BCUT2D eigenvalue weighted by Crippen LogP contribution is -2.53. The molecule has 2 aromatic rings. The number of methoxy groups -OCH3 is 1. The topological polar surface area (TPSA) is 96.4 Å². The van der Waals surface area contributed by atoms with Crippen molar-refractivity contribution in [3.8, 4) is 0 Å². The number of aryl methyl sites for hydroxylation is 1. The molecule has 11 heteroatoms. The van der Waals surface area contributed by atoms with Gasteiger partial charge in [0, 0.05) is 32.7 Å². The third kappa shape index (κ3) is 5.33. The van der Waals surface area contributed by atoms with E-state index in [0.29, 0.717) is 17.2 Å². The second kappa shape index (κ2) is 9.78. The Hall–Kier alpha value is -2.79. The van der Waals surface area contributed by atoms with E-state index >= 15 is 0 Å². The van der Waals surface area contributed by atoms with Gasteiger partial charge in [-0.3, -0.25) is 9.69 Å². The standard InChI is InChI=1S/C19H24N2O4.C2HF3O2/c1-13-15(6-9-24-13)19(22)21-7-5-18(23-2)16-11-20(12-17(16)21)10-14-4-3-8-25-14;3-2(4,5)1(6)7/h3-4,6,8-9,16-18H,5,7,10-12H2,1-2H3;(H,6,7)/t16-,17+,18-;/m0./s1. The number of carboxylic acids is 1.